The fourth-order valence-corrected chi connectivity index (χ4v) is 4.75. The lowest BCUT2D eigenvalue weighted by atomic mass is 10.0. The zero-order valence-corrected chi connectivity index (χ0v) is 14.7. The number of hydrogen-bond acceptors (Lipinski definition) is 6. The van der Waals surface area contributed by atoms with Crippen molar-refractivity contribution in [3.8, 4) is 5.75 Å². The van der Waals surface area contributed by atoms with Crippen LogP contribution in [0.2, 0.25) is 0 Å². The Balaban J connectivity index is 1.66. The van der Waals surface area contributed by atoms with Gasteiger partial charge in [-0.05, 0) is 61.3 Å². The summed E-state index contributed by atoms with van der Waals surface area (Å²) in [5.74, 6) is 0.358. The average molecular weight is 360 g/mol. The van der Waals surface area contributed by atoms with E-state index in [1.54, 1.807) is 24.3 Å². The van der Waals surface area contributed by atoms with Crippen LogP contribution in [-0.2, 0) is 23.1 Å². The molecule has 0 bridgehead atoms. The molecule has 1 N–H and O–H groups in total. The number of rotatable bonds is 3. The monoisotopic (exact) mass is 360 g/mol. The average Bonchev–Trinajstić information content (AvgIpc) is 2.93. The minimum absolute atomic E-state index is 0.151. The minimum atomic E-state index is -3.86. The molecular weight excluding hydrogens is 344 g/mol. The highest BCUT2D eigenvalue weighted by atomic mass is 32.2. The summed E-state index contributed by atoms with van der Waals surface area (Å²) in [4.78, 5) is 4.50. The Kier molecular flexibility index (Phi) is 3.79. The van der Waals surface area contributed by atoms with Crippen molar-refractivity contribution >= 4 is 31.7 Å². The molecule has 1 aliphatic heterocycles. The molecule has 1 aromatic heterocycles. The first-order chi connectivity index (χ1) is 11.5. The number of hydrogen-bond donors (Lipinski definition) is 1. The van der Waals surface area contributed by atoms with E-state index in [4.69, 9.17) is 4.18 Å². The summed E-state index contributed by atoms with van der Waals surface area (Å²) in [6.45, 7) is 3.60. The molecule has 5 nitrogen and oxygen atoms in total. The number of thiazole rings is 1. The van der Waals surface area contributed by atoms with E-state index in [0.29, 0.717) is 5.75 Å². The highest BCUT2D eigenvalue weighted by molar-refractivity contribution is 7.87. The molecule has 0 unspecified atom stereocenters. The van der Waals surface area contributed by atoms with Gasteiger partial charge >= 0.3 is 10.1 Å². The van der Waals surface area contributed by atoms with Crippen LogP contribution in [0.5, 0.6) is 5.75 Å². The van der Waals surface area contributed by atoms with Crippen molar-refractivity contribution in [1.82, 2.24) is 10.3 Å². The number of aryl methyl sites for hydroxylation is 1. The van der Waals surface area contributed by atoms with Gasteiger partial charge in [-0.2, -0.15) is 8.42 Å². The van der Waals surface area contributed by atoms with Crippen molar-refractivity contribution in [3.63, 3.8) is 0 Å². The summed E-state index contributed by atoms with van der Waals surface area (Å²) in [6, 6.07) is 10.3. The highest BCUT2D eigenvalue weighted by Gasteiger charge is 2.19. The van der Waals surface area contributed by atoms with Crippen LogP contribution >= 0.6 is 11.3 Å². The molecule has 0 atom stereocenters. The van der Waals surface area contributed by atoms with Crippen molar-refractivity contribution in [2.24, 2.45) is 0 Å². The van der Waals surface area contributed by atoms with Gasteiger partial charge in [-0.25, -0.2) is 4.98 Å². The molecule has 124 valence electrons. The fraction of sp³-hybridized carbons (Fsp3) is 0.235. The molecule has 0 aliphatic carbocycles. The third-order valence-electron chi connectivity index (χ3n) is 4.03. The van der Waals surface area contributed by atoms with E-state index in [1.807, 2.05) is 19.1 Å². The van der Waals surface area contributed by atoms with Crippen LogP contribution in [0, 0.1) is 6.92 Å². The second kappa shape index (κ2) is 5.84. The predicted octanol–water partition coefficient (Wildman–Crippen LogP) is 3.02. The van der Waals surface area contributed by atoms with Gasteiger partial charge in [0.15, 0.2) is 0 Å². The maximum absolute atomic E-state index is 12.6. The van der Waals surface area contributed by atoms with E-state index in [0.717, 1.165) is 40.3 Å². The lowest BCUT2D eigenvalue weighted by molar-refractivity contribution is 0.485. The Labute approximate surface area is 144 Å². The second-order valence-corrected chi connectivity index (χ2v) is 8.54. The summed E-state index contributed by atoms with van der Waals surface area (Å²) in [5.41, 5.74) is 3.13. The quantitative estimate of drug-likeness (QED) is 0.727. The summed E-state index contributed by atoms with van der Waals surface area (Å²) in [6.07, 6.45) is 0.874. The molecule has 2 aromatic carbocycles. The smallest absolute Gasteiger partial charge is 0.339 e. The lowest BCUT2D eigenvalue weighted by Crippen LogP contribution is -2.23. The zero-order valence-electron chi connectivity index (χ0n) is 13.1. The van der Waals surface area contributed by atoms with Gasteiger partial charge in [0, 0.05) is 6.54 Å². The molecule has 7 heteroatoms. The topological polar surface area (TPSA) is 68.3 Å². The van der Waals surface area contributed by atoms with Crippen LogP contribution in [0.4, 0.5) is 0 Å². The predicted molar refractivity (Wildman–Crippen MR) is 94.0 cm³/mol. The summed E-state index contributed by atoms with van der Waals surface area (Å²) >= 11 is 1.47. The van der Waals surface area contributed by atoms with Crippen molar-refractivity contribution in [2.75, 3.05) is 6.54 Å². The molecule has 24 heavy (non-hydrogen) atoms. The second-order valence-electron chi connectivity index (χ2n) is 5.76. The van der Waals surface area contributed by atoms with E-state index < -0.39 is 10.1 Å². The van der Waals surface area contributed by atoms with Gasteiger partial charge in [-0.15, -0.1) is 11.3 Å². The molecule has 2 heterocycles. The Morgan fingerprint density at radius 2 is 2.04 bits per heavy atom. The van der Waals surface area contributed by atoms with E-state index in [-0.39, 0.29) is 4.90 Å². The summed E-state index contributed by atoms with van der Waals surface area (Å²) in [5, 5.41) is 4.20. The van der Waals surface area contributed by atoms with Crippen LogP contribution in [0.1, 0.15) is 16.1 Å². The van der Waals surface area contributed by atoms with Crippen LogP contribution < -0.4 is 9.50 Å². The molecule has 3 aromatic rings. The van der Waals surface area contributed by atoms with Crippen LogP contribution in [0.3, 0.4) is 0 Å². The lowest BCUT2D eigenvalue weighted by Gasteiger charge is -2.17. The summed E-state index contributed by atoms with van der Waals surface area (Å²) in [7, 11) is -3.86. The van der Waals surface area contributed by atoms with Crippen molar-refractivity contribution < 1.29 is 12.6 Å². The Morgan fingerprint density at radius 3 is 2.92 bits per heavy atom. The van der Waals surface area contributed by atoms with E-state index in [2.05, 4.69) is 10.3 Å². The Hall–Kier alpha value is -1.96. The largest absolute Gasteiger partial charge is 0.379 e. The van der Waals surface area contributed by atoms with E-state index in [9.17, 15) is 8.42 Å². The van der Waals surface area contributed by atoms with Gasteiger partial charge in [-0.3, -0.25) is 0 Å². The molecule has 0 saturated heterocycles. The molecule has 4 rings (SSSR count). The molecule has 0 saturated carbocycles. The highest BCUT2D eigenvalue weighted by Crippen LogP contribution is 2.27. The minimum Gasteiger partial charge on any atom is -0.379 e. The summed E-state index contributed by atoms with van der Waals surface area (Å²) < 4.78 is 31.3. The first kappa shape index (κ1) is 15.6. The van der Waals surface area contributed by atoms with Gasteiger partial charge in [0.05, 0.1) is 15.2 Å². The molecular formula is C17H16N2O3S2. The van der Waals surface area contributed by atoms with Crippen LogP contribution in [-0.4, -0.2) is 19.9 Å². The Morgan fingerprint density at radius 1 is 1.17 bits per heavy atom. The molecule has 0 fully saturated rings. The number of aromatic nitrogens is 1. The molecule has 0 radical (unpaired) electrons. The first-order valence-electron chi connectivity index (χ1n) is 7.65. The van der Waals surface area contributed by atoms with Crippen molar-refractivity contribution in [3.05, 3.63) is 52.5 Å². The maximum Gasteiger partial charge on any atom is 0.339 e. The van der Waals surface area contributed by atoms with Gasteiger partial charge < -0.3 is 9.50 Å². The van der Waals surface area contributed by atoms with E-state index >= 15 is 0 Å². The van der Waals surface area contributed by atoms with Crippen LogP contribution in [0.25, 0.3) is 10.2 Å². The van der Waals surface area contributed by atoms with Crippen LogP contribution in [0.15, 0.2) is 41.3 Å². The first-order valence-corrected chi connectivity index (χ1v) is 9.88. The third-order valence-corrected chi connectivity index (χ3v) is 6.20. The molecule has 0 amide bonds. The van der Waals surface area contributed by atoms with Crippen molar-refractivity contribution in [1.29, 1.82) is 0 Å². The normalized spacial score (nSPS) is 14.5. The molecule has 0 spiro atoms. The number of nitrogens with one attached hydrogen (secondary N) is 1. The van der Waals surface area contributed by atoms with Gasteiger partial charge in [0.2, 0.25) is 0 Å². The molecule has 1 aliphatic rings. The van der Waals surface area contributed by atoms with Crippen molar-refractivity contribution in [2.45, 2.75) is 24.8 Å². The maximum atomic E-state index is 12.6. The van der Waals surface area contributed by atoms with E-state index in [1.165, 1.54) is 16.9 Å². The third kappa shape index (κ3) is 2.90. The SMILES string of the molecule is Cc1nc2ccc(S(=O)(=O)Oc3ccc4c(c3)CCNC4)cc2s1. The van der Waals surface area contributed by atoms with Gasteiger partial charge in [-0.1, -0.05) is 6.07 Å². The Bertz CT molecular complexity index is 1030. The number of nitrogens with zero attached hydrogens (tertiary/aromatic N) is 1. The number of benzene rings is 2. The van der Waals surface area contributed by atoms with Gasteiger partial charge in [0.1, 0.15) is 10.6 Å². The number of fused-ring (bicyclic) bond motifs is 2. The van der Waals surface area contributed by atoms with Gasteiger partial charge in [0.25, 0.3) is 0 Å². The zero-order chi connectivity index (χ0) is 16.7. The standard InChI is InChI=1S/C17H16N2O3S2/c1-11-19-16-5-4-15(9-17(16)23-11)24(20,21)22-14-3-2-13-10-18-7-6-12(13)8-14/h2-5,8-9,18H,6-7,10H2,1H3. The fourth-order valence-electron chi connectivity index (χ4n) is 2.86.